The smallest absolute Gasteiger partial charge is 0.0704 e. The van der Waals surface area contributed by atoms with Crippen molar-refractivity contribution in [3.05, 3.63) is 0 Å². The lowest BCUT2D eigenvalue weighted by Crippen LogP contribution is -2.24. The number of ether oxygens (including phenoxy) is 2. The normalized spacial score (nSPS) is 28.7. The molecule has 0 aromatic rings. The molecule has 0 N–H and O–H groups in total. The molecule has 0 aromatic carbocycles. The second kappa shape index (κ2) is 6.11. The fraction of sp³-hybridized carbons (Fsp3) is 0.900. The van der Waals surface area contributed by atoms with E-state index in [4.69, 9.17) is 9.47 Å². The summed E-state index contributed by atoms with van der Waals surface area (Å²) in [6.07, 6.45) is 4.91. The first-order valence-corrected chi connectivity index (χ1v) is 4.93. The third kappa shape index (κ3) is 3.87. The number of nitrogens with zero attached hydrogens (tertiary/aromatic N) is 1. The lowest BCUT2D eigenvalue weighted by atomic mass is 9.93. The number of rotatable bonds is 5. The van der Waals surface area contributed by atoms with Crippen LogP contribution in [0.4, 0.5) is 0 Å². The third-order valence-corrected chi connectivity index (χ3v) is 2.54. The molecule has 0 spiro atoms. The Balaban J connectivity index is 2.07. The van der Waals surface area contributed by atoms with E-state index in [2.05, 4.69) is 11.7 Å². The molecule has 0 amide bonds. The van der Waals surface area contributed by atoms with E-state index in [1.807, 2.05) is 0 Å². The summed E-state index contributed by atoms with van der Waals surface area (Å²) in [7, 11) is 1.70. The minimum atomic E-state index is 0.424. The standard InChI is InChI=1S/C10H19NO2/c1-11-9-3-5-10(6-4-9)13-8-7-12-2/h9-10H,1,3-8H2,2H3. The molecule has 76 valence electrons. The number of hydrogen-bond acceptors (Lipinski definition) is 3. The van der Waals surface area contributed by atoms with Crippen molar-refractivity contribution in [2.45, 2.75) is 37.8 Å². The van der Waals surface area contributed by atoms with Crippen LogP contribution in [0.5, 0.6) is 0 Å². The summed E-state index contributed by atoms with van der Waals surface area (Å²) in [4.78, 5) is 4.05. The molecule has 3 heteroatoms. The summed E-state index contributed by atoms with van der Waals surface area (Å²) in [5.74, 6) is 0. The SMILES string of the molecule is C=NC1CCC(OCCOC)CC1. The van der Waals surface area contributed by atoms with Gasteiger partial charge in [-0.05, 0) is 32.4 Å². The van der Waals surface area contributed by atoms with Gasteiger partial charge in [-0.2, -0.15) is 0 Å². The lowest BCUT2D eigenvalue weighted by molar-refractivity contribution is -0.00226. The van der Waals surface area contributed by atoms with Crippen LogP contribution in [0, 0.1) is 0 Å². The summed E-state index contributed by atoms with van der Waals surface area (Å²) in [5, 5.41) is 0. The minimum absolute atomic E-state index is 0.424. The van der Waals surface area contributed by atoms with Gasteiger partial charge in [-0.3, -0.25) is 4.99 Å². The van der Waals surface area contributed by atoms with Crippen LogP contribution in [0.2, 0.25) is 0 Å². The average molecular weight is 185 g/mol. The predicted molar refractivity (Wildman–Crippen MR) is 53.4 cm³/mol. The van der Waals surface area contributed by atoms with E-state index in [9.17, 15) is 0 Å². The molecule has 3 nitrogen and oxygen atoms in total. The zero-order valence-corrected chi connectivity index (χ0v) is 8.37. The molecule has 0 heterocycles. The Kier molecular flexibility index (Phi) is 5.01. The van der Waals surface area contributed by atoms with E-state index in [1.165, 1.54) is 0 Å². The summed E-state index contributed by atoms with van der Waals surface area (Å²) < 4.78 is 10.6. The molecule has 0 radical (unpaired) electrons. The van der Waals surface area contributed by atoms with Gasteiger partial charge in [0.05, 0.1) is 19.3 Å². The minimum Gasteiger partial charge on any atom is -0.382 e. The van der Waals surface area contributed by atoms with Crippen LogP contribution >= 0.6 is 0 Å². The van der Waals surface area contributed by atoms with Gasteiger partial charge in [0.1, 0.15) is 0 Å². The zero-order valence-electron chi connectivity index (χ0n) is 8.37. The second-order valence-electron chi connectivity index (χ2n) is 3.48. The van der Waals surface area contributed by atoms with Gasteiger partial charge in [-0.15, -0.1) is 0 Å². The quantitative estimate of drug-likeness (QED) is 0.482. The van der Waals surface area contributed by atoms with Crippen molar-refractivity contribution < 1.29 is 9.47 Å². The van der Waals surface area contributed by atoms with E-state index in [-0.39, 0.29) is 0 Å². The van der Waals surface area contributed by atoms with E-state index in [0.29, 0.717) is 25.4 Å². The highest BCUT2D eigenvalue weighted by molar-refractivity contribution is 5.24. The van der Waals surface area contributed by atoms with E-state index in [1.54, 1.807) is 7.11 Å². The molecule has 13 heavy (non-hydrogen) atoms. The second-order valence-corrected chi connectivity index (χ2v) is 3.48. The van der Waals surface area contributed by atoms with Crippen molar-refractivity contribution in [1.29, 1.82) is 0 Å². The molecule has 1 aliphatic carbocycles. The van der Waals surface area contributed by atoms with Crippen molar-refractivity contribution >= 4 is 6.72 Å². The number of aliphatic imine (C=N–C) groups is 1. The van der Waals surface area contributed by atoms with Crippen LogP contribution in [0.3, 0.4) is 0 Å². The first-order chi connectivity index (χ1) is 6.36. The molecule has 0 aliphatic heterocycles. The molecule has 0 unspecified atom stereocenters. The van der Waals surface area contributed by atoms with Gasteiger partial charge in [0.2, 0.25) is 0 Å². The van der Waals surface area contributed by atoms with E-state index >= 15 is 0 Å². The molecule has 0 saturated heterocycles. The average Bonchev–Trinajstić information content (AvgIpc) is 2.19. The first-order valence-electron chi connectivity index (χ1n) is 4.93. The number of methoxy groups -OCH3 is 1. The topological polar surface area (TPSA) is 30.8 Å². The molecule has 1 aliphatic rings. The predicted octanol–water partition coefficient (Wildman–Crippen LogP) is 1.66. The maximum atomic E-state index is 5.63. The monoisotopic (exact) mass is 185 g/mol. The molecular formula is C10H19NO2. The van der Waals surface area contributed by atoms with Crippen molar-refractivity contribution in [2.24, 2.45) is 4.99 Å². The highest BCUT2D eigenvalue weighted by Crippen LogP contribution is 2.22. The molecule has 0 bridgehead atoms. The van der Waals surface area contributed by atoms with Crippen molar-refractivity contribution in [3.63, 3.8) is 0 Å². The fourth-order valence-electron chi connectivity index (χ4n) is 1.69. The Labute approximate surface area is 80.1 Å². The van der Waals surface area contributed by atoms with Gasteiger partial charge in [-0.1, -0.05) is 0 Å². The van der Waals surface area contributed by atoms with Gasteiger partial charge in [0.15, 0.2) is 0 Å². The molecule has 1 saturated carbocycles. The summed E-state index contributed by atoms with van der Waals surface area (Å²) >= 11 is 0. The van der Waals surface area contributed by atoms with Crippen LogP contribution in [0.1, 0.15) is 25.7 Å². The highest BCUT2D eigenvalue weighted by Gasteiger charge is 2.19. The molecule has 1 rings (SSSR count). The maximum absolute atomic E-state index is 5.63. The van der Waals surface area contributed by atoms with Crippen molar-refractivity contribution in [1.82, 2.24) is 0 Å². The van der Waals surface area contributed by atoms with Crippen LogP contribution in [-0.4, -0.2) is 39.2 Å². The molecular weight excluding hydrogens is 166 g/mol. The Bertz CT molecular complexity index is 142. The Hall–Kier alpha value is -0.410. The summed E-state index contributed by atoms with van der Waals surface area (Å²) in [5.41, 5.74) is 0. The third-order valence-electron chi connectivity index (χ3n) is 2.54. The fourth-order valence-corrected chi connectivity index (χ4v) is 1.69. The number of hydrogen-bond donors (Lipinski definition) is 0. The summed E-state index contributed by atoms with van der Waals surface area (Å²) in [6.45, 7) is 4.98. The van der Waals surface area contributed by atoms with Crippen LogP contribution in [-0.2, 0) is 9.47 Å². The van der Waals surface area contributed by atoms with Crippen LogP contribution in [0.15, 0.2) is 4.99 Å². The Morgan fingerprint density at radius 3 is 2.46 bits per heavy atom. The zero-order chi connectivity index (χ0) is 9.52. The Morgan fingerprint density at radius 2 is 1.92 bits per heavy atom. The van der Waals surface area contributed by atoms with Gasteiger partial charge in [0, 0.05) is 13.2 Å². The lowest BCUT2D eigenvalue weighted by Gasteiger charge is -2.25. The van der Waals surface area contributed by atoms with E-state index in [0.717, 1.165) is 25.7 Å². The van der Waals surface area contributed by atoms with Crippen LogP contribution in [0.25, 0.3) is 0 Å². The highest BCUT2D eigenvalue weighted by atomic mass is 16.5. The van der Waals surface area contributed by atoms with E-state index < -0.39 is 0 Å². The largest absolute Gasteiger partial charge is 0.382 e. The van der Waals surface area contributed by atoms with Gasteiger partial charge in [0.25, 0.3) is 0 Å². The van der Waals surface area contributed by atoms with Crippen molar-refractivity contribution in [2.75, 3.05) is 20.3 Å². The van der Waals surface area contributed by atoms with Gasteiger partial charge in [-0.25, -0.2) is 0 Å². The molecule has 0 aromatic heterocycles. The van der Waals surface area contributed by atoms with Gasteiger partial charge >= 0.3 is 0 Å². The Morgan fingerprint density at radius 1 is 1.23 bits per heavy atom. The molecule has 0 atom stereocenters. The van der Waals surface area contributed by atoms with Crippen molar-refractivity contribution in [3.8, 4) is 0 Å². The first kappa shape index (κ1) is 10.7. The molecule has 1 fully saturated rings. The van der Waals surface area contributed by atoms with Gasteiger partial charge < -0.3 is 9.47 Å². The maximum Gasteiger partial charge on any atom is 0.0704 e. The van der Waals surface area contributed by atoms with Crippen LogP contribution < -0.4 is 0 Å². The summed E-state index contributed by atoms with van der Waals surface area (Å²) in [6, 6.07) is 0.474.